The molecule has 0 bridgehead atoms. The largest absolute Gasteiger partial charge is 0.462 e. The molecule has 6 unspecified atom stereocenters. The quantitative estimate of drug-likeness (QED) is 0.261. The summed E-state index contributed by atoms with van der Waals surface area (Å²) in [5.74, 6) is 13.7. The zero-order valence-corrected chi connectivity index (χ0v) is 23.3. The molecule has 0 radical (unpaired) electrons. The van der Waals surface area contributed by atoms with Crippen molar-refractivity contribution in [3.63, 3.8) is 0 Å². The van der Waals surface area contributed by atoms with Crippen molar-refractivity contribution in [3.05, 3.63) is 48.6 Å². The molecule has 0 spiro atoms. The summed E-state index contributed by atoms with van der Waals surface area (Å²) in [6.07, 6.45) is 12.7. The van der Waals surface area contributed by atoms with E-state index in [4.69, 9.17) is 4.74 Å². The van der Waals surface area contributed by atoms with Gasteiger partial charge in [-0.2, -0.15) is 0 Å². The lowest BCUT2D eigenvalue weighted by Crippen LogP contribution is -2.37. The second kappa shape index (κ2) is 19.3. The smallest absolute Gasteiger partial charge is 0.302 e. The summed E-state index contributed by atoms with van der Waals surface area (Å²) in [6, 6.07) is 0. The monoisotopic (exact) mass is 496 g/mol. The number of hydrogen-bond acceptors (Lipinski definition) is 5. The number of rotatable bonds is 7. The summed E-state index contributed by atoms with van der Waals surface area (Å²) in [5.41, 5.74) is 1.17. The molecule has 0 aromatic carbocycles. The van der Waals surface area contributed by atoms with Crippen LogP contribution < -0.4 is 0 Å². The summed E-state index contributed by atoms with van der Waals surface area (Å²) in [7, 11) is 5.02. The molecule has 0 heterocycles. The molecule has 2 aliphatic rings. The number of ether oxygens (including phenoxy) is 3. The molecular weight excluding hydrogens is 452 g/mol. The molecule has 198 valence electrons. The van der Waals surface area contributed by atoms with Gasteiger partial charge in [-0.05, 0) is 42.6 Å². The van der Waals surface area contributed by atoms with E-state index < -0.39 is 0 Å². The molecule has 0 saturated carbocycles. The maximum atomic E-state index is 12.1. The van der Waals surface area contributed by atoms with Gasteiger partial charge in [0.2, 0.25) is 0 Å². The van der Waals surface area contributed by atoms with E-state index >= 15 is 0 Å². The van der Waals surface area contributed by atoms with Crippen molar-refractivity contribution in [2.75, 3.05) is 27.9 Å². The topological polar surface area (TPSA) is 61.8 Å². The minimum atomic E-state index is -0.264. The minimum Gasteiger partial charge on any atom is -0.462 e. The number of carbonyl (C=O) groups is 2. The molecule has 36 heavy (non-hydrogen) atoms. The predicted molar refractivity (Wildman–Crippen MR) is 147 cm³/mol. The lowest BCUT2D eigenvalue weighted by Gasteiger charge is -2.38. The van der Waals surface area contributed by atoms with E-state index in [2.05, 4.69) is 67.4 Å². The van der Waals surface area contributed by atoms with Crippen LogP contribution in [0.5, 0.6) is 0 Å². The van der Waals surface area contributed by atoms with Gasteiger partial charge >= 0.3 is 5.97 Å². The first-order chi connectivity index (χ1) is 17.2. The highest BCUT2D eigenvalue weighted by Gasteiger charge is 2.38. The van der Waals surface area contributed by atoms with Crippen molar-refractivity contribution in [3.8, 4) is 23.7 Å². The van der Waals surface area contributed by atoms with Gasteiger partial charge < -0.3 is 14.2 Å². The normalized spacial score (nSPS) is 25.9. The molecule has 0 aromatic heterocycles. The fourth-order valence-electron chi connectivity index (χ4n) is 4.10. The first-order valence-corrected chi connectivity index (χ1v) is 12.5. The SMILES string of the molecule is C=CCOC(C)=O.CCCC(OC)C1C#C/C=C\C#CC(C)C(C)C1C1=CC(=O)C=CC1C.COC. The van der Waals surface area contributed by atoms with Crippen molar-refractivity contribution < 1.29 is 23.8 Å². The molecule has 0 saturated heterocycles. The number of allylic oxidation sites excluding steroid dienone is 6. The maximum absolute atomic E-state index is 12.1. The Morgan fingerprint density at radius 2 is 1.75 bits per heavy atom. The summed E-state index contributed by atoms with van der Waals surface area (Å²) in [5, 5.41) is 0. The Balaban J connectivity index is 0.00000104. The van der Waals surface area contributed by atoms with Gasteiger partial charge in [0.25, 0.3) is 0 Å². The number of hydrogen-bond donors (Lipinski definition) is 0. The second-order valence-electron chi connectivity index (χ2n) is 8.87. The van der Waals surface area contributed by atoms with Gasteiger partial charge in [0.05, 0.1) is 12.0 Å². The van der Waals surface area contributed by atoms with Crippen LogP contribution in [0.15, 0.2) is 48.6 Å². The highest BCUT2D eigenvalue weighted by molar-refractivity contribution is 6.00. The zero-order valence-electron chi connectivity index (χ0n) is 23.3. The van der Waals surface area contributed by atoms with E-state index in [1.165, 1.54) is 18.6 Å². The third kappa shape index (κ3) is 12.2. The first kappa shape index (κ1) is 33.1. The highest BCUT2D eigenvalue weighted by atomic mass is 16.5. The maximum Gasteiger partial charge on any atom is 0.302 e. The molecule has 0 aromatic rings. The Labute approximate surface area is 219 Å². The molecule has 2 rings (SSSR count). The van der Waals surface area contributed by atoms with Gasteiger partial charge in [-0.25, -0.2) is 0 Å². The Hall–Kier alpha value is -2.86. The van der Waals surface area contributed by atoms with E-state index in [0.29, 0.717) is 6.61 Å². The zero-order chi connectivity index (χ0) is 27.5. The van der Waals surface area contributed by atoms with Crippen molar-refractivity contribution in [2.24, 2.45) is 29.6 Å². The second-order valence-corrected chi connectivity index (χ2v) is 8.87. The summed E-state index contributed by atoms with van der Waals surface area (Å²) >= 11 is 0. The molecule has 0 N–H and O–H groups in total. The molecular formula is C31H44O5. The molecule has 5 heteroatoms. The van der Waals surface area contributed by atoms with E-state index in [-0.39, 0.29) is 47.4 Å². The number of carbonyl (C=O) groups excluding carboxylic acids is 2. The molecule has 0 amide bonds. The molecule has 0 fully saturated rings. The fourth-order valence-corrected chi connectivity index (χ4v) is 4.10. The third-order valence-electron chi connectivity index (χ3n) is 6.00. The fraction of sp³-hybridized carbons (Fsp3) is 0.548. The van der Waals surface area contributed by atoms with Crippen LogP contribution >= 0.6 is 0 Å². The van der Waals surface area contributed by atoms with E-state index in [9.17, 15) is 9.59 Å². The van der Waals surface area contributed by atoms with E-state index in [0.717, 1.165) is 12.8 Å². The average Bonchev–Trinajstić information content (AvgIpc) is 2.84. The van der Waals surface area contributed by atoms with Crippen LogP contribution in [-0.2, 0) is 23.8 Å². The average molecular weight is 497 g/mol. The molecule has 2 aliphatic carbocycles. The molecule has 6 atom stereocenters. The summed E-state index contributed by atoms with van der Waals surface area (Å²) in [6.45, 7) is 13.8. The predicted octanol–water partition coefficient (Wildman–Crippen LogP) is 5.58. The van der Waals surface area contributed by atoms with E-state index in [1.54, 1.807) is 27.4 Å². The van der Waals surface area contributed by atoms with Crippen molar-refractivity contribution in [2.45, 2.75) is 53.6 Å². The van der Waals surface area contributed by atoms with Crippen LogP contribution in [0.1, 0.15) is 47.5 Å². The van der Waals surface area contributed by atoms with Gasteiger partial charge in [0.1, 0.15) is 6.61 Å². The van der Waals surface area contributed by atoms with Crippen LogP contribution in [0.2, 0.25) is 0 Å². The first-order valence-electron chi connectivity index (χ1n) is 12.5. The Kier molecular flexibility index (Phi) is 17.8. The van der Waals surface area contributed by atoms with Crippen molar-refractivity contribution >= 4 is 11.8 Å². The van der Waals surface area contributed by atoms with Crippen LogP contribution in [0.3, 0.4) is 0 Å². The van der Waals surface area contributed by atoms with Crippen molar-refractivity contribution in [1.82, 2.24) is 0 Å². The van der Waals surface area contributed by atoms with Crippen LogP contribution in [-0.4, -0.2) is 45.8 Å². The van der Waals surface area contributed by atoms with E-state index in [1.807, 2.05) is 24.3 Å². The highest BCUT2D eigenvalue weighted by Crippen LogP contribution is 2.41. The van der Waals surface area contributed by atoms with Gasteiger partial charge in [-0.1, -0.05) is 82.1 Å². The molecule has 5 nitrogen and oxygen atoms in total. The Morgan fingerprint density at radius 3 is 2.25 bits per heavy atom. The Morgan fingerprint density at radius 1 is 1.14 bits per heavy atom. The minimum absolute atomic E-state index is 0.0370. The van der Waals surface area contributed by atoms with Crippen LogP contribution in [0.4, 0.5) is 0 Å². The van der Waals surface area contributed by atoms with Gasteiger partial charge in [0, 0.05) is 40.1 Å². The lowest BCUT2D eigenvalue weighted by molar-refractivity contribution is -0.139. The lowest BCUT2D eigenvalue weighted by atomic mass is 9.66. The van der Waals surface area contributed by atoms with Gasteiger partial charge in [-0.3, -0.25) is 9.59 Å². The van der Waals surface area contributed by atoms with Gasteiger partial charge in [-0.15, -0.1) is 0 Å². The number of methoxy groups -OCH3 is 2. The standard InChI is InChI=1S/C24H30O2.C5H8O2.C2H6O/c1-6-11-23(26-5)21-13-10-8-7-9-12-17(2)19(4)24(21)22-16-20(25)15-14-18(22)3;1-3-4-7-5(2)6;1-3-2/h7-8,14-19,21,23-24H,6,11H2,1-5H3;3H,1,4H2,2H3;1-2H3/b8-7-;;. The molecule has 0 aliphatic heterocycles. The van der Waals surface area contributed by atoms with Crippen LogP contribution in [0, 0.1) is 53.3 Å². The summed E-state index contributed by atoms with van der Waals surface area (Å²) in [4.78, 5) is 22.1. The Bertz CT molecular complexity index is 903. The van der Waals surface area contributed by atoms with Crippen molar-refractivity contribution in [1.29, 1.82) is 0 Å². The summed E-state index contributed by atoms with van der Waals surface area (Å²) < 4.78 is 14.6. The van der Waals surface area contributed by atoms with Gasteiger partial charge in [0.15, 0.2) is 5.78 Å². The number of esters is 1. The number of ketones is 1. The van der Waals surface area contributed by atoms with Crippen LogP contribution in [0.25, 0.3) is 0 Å². The third-order valence-corrected chi connectivity index (χ3v) is 6.00.